The van der Waals surface area contributed by atoms with Crippen molar-refractivity contribution in [3.05, 3.63) is 16.4 Å². The van der Waals surface area contributed by atoms with Crippen molar-refractivity contribution in [1.29, 1.82) is 0 Å². The molecule has 0 saturated heterocycles. The molecule has 4 heteroatoms. The molecule has 1 unspecified atom stereocenters. The van der Waals surface area contributed by atoms with Gasteiger partial charge in [-0.05, 0) is 20.3 Å². The number of halogens is 1. The molecule has 0 fully saturated rings. The van der Waals surface area contributed by atoms with Crippen molar-refractivity contribution < 1.29 is 0 Å². The van der Waals surface area contributed by atoms with Crippen LogP contribution in [0.5, 0.6) is 0 Å². The second-order valence-electron chi connectivity index (χ2n) is 3.16. The first-order valence-corrected chi connectivity index (χ1v) is 4.33. The fraction of sp³-hybridized carbons (Fsp3) is 0.625. The van der Waals surface area contributed by atoms with Gasteiger partial charge in [0.2, 0.25) is 0 Å². The molecule has 1 aromatic heterocycles. The summed E-state index contributed by atoms with van der Waals surface area (Å²) in [5.41, 5.74) is 7.71. The van der Waals surface area contributed by atoms with Crippen molar-refractivity contribution in [3.63, 3.8) is 0 Å². The van der Waals surface area contributed by atoms with Crippen LogP contribution in [-0.2, 0) is 13.5 Å². The third-order valence-electron chi connectivity index (χ3n) is 1.80. The first kappa shape index (κ1) is 9.55. The van der Waals surface area contributed by atoms with E-state index in [1.807, 2.05) is 20.9 Å². The van der Waals surface area contributed by atoms with Gasteiger partial charge >= 0.3 is 0 Å². The Morgan fingerprint density at radius 2 is 2.25 bits per heavy atom. The van der Waals surface area contributed by atoms with E-state index in [2.05, 4.69) is 5.10 Å². The van der Waals surface area contributed by atoms with Crippen molar-refractivity contribution in [2.75, 3.05) is 0 Å². The van der Waals surface area contributed by atoms with Crippen LogP contribution >= 0.6 is 11.6 Å². The molecule has 0 bridgehead atoms. The maximum absolute atomic E-state index is 6.00. The largest absolute Gasteiger partial charge is 0.328 e. The summed E-state index contributed by atoms with van der Waals surface area (Å²) in [6, 6.07) is 0.130. The highest BCUT2D eigenvalue weighted by atomic mass is 35.5. The Kier molecular flexibility index (Phi) is 2.75. The Morgan fingerprint density at radius 3 is 2.58 bits per heavy atom. The predicted molar refractivity (Wildman–Crippen MR) is 50.3 cm³/mol. The molecule has 1 heterocycles. The Balaban J connectivity index is 2.97. The van der Waals surface area contributed by atoms with Gasteiger partial charge in [0.25, 0.3) is 0 Å². The molecule has 0 aliphatic rings. The second kappa shape index (κ2) is 3.46. The number of hydrogen-bond acceptors (Lipinski definition) is 2. The highest BCUT2D eigenvalue weighted by Gasteiger charge is 2.11. The highest BCUT2D eigenvalue weighted by molar-refractivity contribution is 6.30. The third-order valence-corrected chi connectivity index (χ3v) is 2.27. The molecule has 0 amide bonds. The van der Waals surface area contributed by atoms with Gasteiger partial charge in [0, 0.05) is 18.7 Å². The van der Waals surface area contributed by atoms with Crippen molar-refractivity contribution in [2.45, 2.75) is 26.3 Å². The van der Waals surface area contributed by atoms with Crippen LogP contribution in [-0.4, -0.2) is 15.8 Å². The van der Waals surface area contributed by atoms with Gasteiger partial charge in [-0.3, -0.25) is 4.68 Å². The van der Waals surface area contributed by atoms with Crippen molar-refractivity contribution in [2.24, 2.45) is 12.8 Å². The molecule has 1 rings (SSSR count). The lowest BCUT2D eigenvalue weighted by Crippen LogP contribution is -2.18. The van der Waals surface area contributed by atoms with Crippen molar-refractivity contribution in [1.82, 2.24) is 9.78 Å². The maximum atomic E-state index is 6.00. The highest BCUT2D eigenvalue weighted by Crippen LogP contribution is 2.19. The molecule has 3 nitrogen and oxygen atoms in total. The van der Waals surface area contributed by atoms with Gasteiger partial charge in [-0.15, -0.1) is 0 Å². The summed E-state index contributed by atoms with van der Waals surface area (Å²) in [7, 11) is 1.83. The van der Waals surface area contributed by atoms with Gasteiger partial charge in [-0.1, -0.05) is 11.6 Å². The molecule has 0 radical (unpaired) electrons. The smallest absolute Gasteiger partial charge is 0.130 e. The second-order valence-corrected chi connectivity index (χ2v) is 3.52. The zero-order valence-corrected chi connectivity index (χ0v) is 8.39. The molecule has 68 valence electrons. The van der Waals surface area contributed by atoms with E-state index in [9.17, 15) is 0 Å². The van der Waals surface area contributed by atoms with E-state index in [1.165, 1.54) is 0 Å². The van der Waals surface area contributed by atoms with Crippen LogP contribution in [0.15, 0.2) is 0 Å². The van der Waals surface area contributed by atoms with Crippen LogP contribution in [0.1, 0.15) is 18.2 Å². The van der Waals surface area contributed by atoms with E-state index < -0.39 is 0 Å². The minimum Gasteiger partial charge on any atom is -0.328 e. The van der Waals surface area contributed by atoms with Crippen LogP contribution < -0.4 is 5.73 Å². The molecule has 0 aliphatic heterocycles. The predicted octanol–water partition coefficient (Wildman–Crippen LogP) is 1.27. The summed E-state index contributed by atoms with van der Waals surface area (Å²) in [4.78, 5) is 0. The molecular formula is C8H14ClN3. The van der Waals surface area contributed by atoms with Crippen LogP contribution in [0.4, 0.5) is 0 Å². The van der Waals surface area contributed by atoms with E-state index in [-0.39, 0.29) is 6.04 Å². The van der Waals surface area contributed by atoms with Gasteiger partial charge in [0.15, 0.2) is 0 Å². The summed E-state index contributed by atoms with van der Waals surface area (Å²) in [5.74, 6) is 0. The zero-order valence-electron chi connectivity index (χ0n) is 7.63. The molecule has 0 spiro atoms. The number of nitrogens with two attached hydrogens (primary N) is 1. The average Bonchev–Trinajstić information content (AvgIpc) is 2.16. The quantitative estimate of drug-likeness (QED) is 0.758. The average molecular weight is 188 g/mol. The summed E-state index contributed by atoms with van der Waals surface area (Å²) >= 11 is 6.00. The van der Waals surface area contributed by atoms with E-state index in [4.69, 9.17) is 17.3 Å². The monoisotopic (exact) mass is 187 g/mol. The SMILES string of the molecule is Cc1nn(C)c(Cl)c1CC(C)N. The Labute approximate surface area is 77.5 Å². The summed E-state index contributed by atoms with van der Waals surface area (Å²) in [6.45, 7) is 3.91. The Hall–Kier alpha value is -0.540. The third kappa shape index (κ3) is 1.79. The molecule has 0 aliphatic carbocycles. The lowest BCUT2D eigenvalue weighted by Gasteiger charge is -2.03. The van der Waals surface area contributed by atoms with Crippen molar-refractivity contribution >= 4 is 11.6 Å². The van der Waals surface area contributed by atoms with Crippen molar-refractivity contribution in [3.8, 4) is 0 Å². The topological polar surface area (TPSA) is 43.8 Å². The van der Waals surface area contributed by atoms with E-state index in [0.29, 0.717) is 5.15 Å². The van der Waals surface area contributed by atoms with E-state index in [0.717, 1.165) is 17.7 Å². The molecule has 0 aromatic carbocycles. The summed E-state index contributed by atoms with van der Waals surface area (Å²) in [5, 5.41) is 4.89. The number of nitrogens with zero attached hydrogens (tertiary/aromatic N) is 2. The summed E-state index contributed by atoms with van der Waals surface area (Å²) < 4.78 is 1.68. The van der Waals surface area contributed by atoms with Gasteiger partial charge in [-0.25, -0.2) is 0 Å². The van der Waals surface area contributed by atoms with E-state index >= 15 is 0 Å². The molecule has 1 aromatic rings. The minimum absolute atomic E-state index is 0.130. The Bertz CT molecular complexity index is 278. The molecule has 12 heavy (non-hydrogen) atoms. The number of aromatic nitrogens is 2. The standard InChI is InChI=1S/C8H14ClN3/c1-5(10)4-7-6(2)11-12(3)8(7)9/h5H,4,10H2,1-3H3. The normalized spacial score (nSPS) is 13.4. The Morgan fingerprint density at radius 1 is 1.67 bits per heavy atom. The van der Waals surface area contributed by atoms with Gasteiger partial charge in [0.05, 0.1) is 5.69 Å². The fourth-order valence-electron chi connectivity index (χ4n) is 1.23. The lowest BCUT2D eigenvalue weighted by atomic mass is 10.1. The van der Waals surface area contributed by atoms with Crippen LogP contribution in [0.2, 0.25) is 5.15 Å². The van der Waals surface area contributed by atoms with Gasteiger partial charge < -0.3 is 5.73 Å². The molecule has 1 atom stereocenters. The van der Waals surface area contributed by atoms with Crippen LogP contribution in [0, 0.1) is 6.92 Å². The van der Waals surface area contributed by atoms with E-state index in [1.54, 1.807) is 4.68 Å². The van der Waals surface area contributed by atoms with Crippen LogP contribution in [0.25, 0.3) is 0 Å². The lowest BCUT2D eigenvalue weighted by molar-refractivity contribution is 0.733. The number of aryl methyl sites for hydroxylation is 2. The molecule has 2 N–H and O–H groups in total. The fourth-order valence-corrected chi connectivity index (χ4v) is 1.48. The first-order valence-electron chi connectivity index (χ1n) is 3.96. The first-order chi connectivity index (χ1) is 5.52. The molecule has 0 saturated carbocycles. The minimum atomic E-state index is 0.130. The number of hydrogen-bond donors (Lipinski definition) is 1. The maximum Gasteiger partial charge on any atom is 0.130 e. The summed E-state index contributed by atoms with van der Waals surface area (Å²) in [6.07, 6.45) is 0.790. The zero-order chi connectivity index (χ0) is 9.30. The molecular weight excluding hydrogens is 174 g/mol. The van der Waals surface area contributed by atoms with Gasteiger partial charge in [0.1, 0.15) is 5.15 Å². The van der Waals surface area contributed by atoms with Gasteiger partial charge in [-0.2, -0.15) is 5.10 Å². The van der Waals surface area contributed by atoms with Crippen LogP contribution in [0.3, 0.4) is 0 Å². The number of rotatable bonds is 2.